The Morgan fingerprint density at radius 3 is 2.62 bits per heavy atom. The van der Waals surface area contributed by atoms with Crippen LogP contribution >= 0.6 is 11.8 Å². The SMILES string of the molecule is CC(=O)OCC1=C(C(=O)O)N2C(=O)[C@H](NC(=O)COc3ccc(F)cc3)[C@H]2SC1. The lowest BCUT2D eigenvalue weighted by Crippen LogP contribution is -2.71. The standard InChI is InChI=1S/C18H17FN2O7S/c1-9(22)27-6-10-8-29-17-14(16(24)21(17)15(10)18(25)26)20-13(23)7-28-12-4-2-11(19)3-5-12/h2-5,14,17H,6-8H2,1H3,(H,20,23)(H,25,26)/t14-,17+/m0/s1. The first-order valence-corrected chi connectivity index (χ1v) is 9.54. The van der Waals surface area contributed by atoms with E-state index in [0.29, 0.717) is 11.3 Å². The van der Waals surface area contributed by atoms with Crippen LogP contribution in [-0.2, 0) is 23.9 Å². The van der Waals surface area contributed by atoms with E-state index in [1.165, 1.54) is 43.0 Å². The first kappa shape index (κ1) is 20.6. The van der Waals surface area contributed by atoms with Crippen LogP contribution in [-0.4, -0.2) is 64.1 Å². The number of benzene rings is 1. The smallest absolute Gasteiger partial charge is 0.352 e. The van der Waals surface area contributed by atoms with E-state index in [-0.39, 0.29) is 24.7 Å². The summed E-state index contributed by atoms with van der Waals surface area (Å²) in [5, 5.41) is 11.4. The number of carbonyl (C=O) groups is 4. The second-order valence-corrected chi connectivity index (χ2v) is 7.34. The summed E-state index contributed by atoms with van der Waals surface area (Å²) in [5.41, 5.74) is 0.0831. The van der Waals surface area contributed by atoms with Crippen LogP contribution in [0, 0.1) is 5.82 Å². The first-order chi connectivity index (χ1) is 13.8. The molecule has 9 nitrogen and oxygen atoms in total. The molecule has 0 spiro atoms. The molecule has 2 N–H and O–H groups in total. The van der Waals surface area contributed by atoms with E-state index in [9.17, 15) is 28.7 Å². The van der Waals surface area contributed by atoms with Crippen molar-refractivity contribution in [1.29, 1.82) is 0 Å². The van der Waals surface area contributed by atoms with Crippen molar-refractivity contribution >= 4 is 35.5 Å². The number of hydrogen-bond acceptors (Lipinski definition) is 7. The van der Waals surface area contributed by atoms with Crippen molar-refractivity contribution in [3.05, 3.63) is 41.4 Å². The Morgan fingerprint density at radius 1 is 1.31 bits per heavy atom. The van der Waals surface area contributed by atoms with E-state index < -0.39 is 41.0 Å². The van der Waals surface area contributed by atoms with Gasteiger partial charge in [-0.2, -0.15) is 0 Å². The van der Waals surface area contributed by atoms with Gasteiger partial charge in [0.25, 0.3) is 11.8 Å². The quantitative estimate of drug-likeness (QED) is 0.480. The van der Waals surface area contributed by atoms with Crippen LogP contribution in [0.2, 0.25) is 0 Å². The third-order valence-electron chi connectivity index (χ3n) is 4.20. The highest BCUT2D eigenvalue weighted by Gasteiger charge is 2.54. The normalized spacial score (nSPS) is 20.5. The van der Waals surface area contributed by atoms with Crippen LogP contribution in [0.3, 0.4) is 0 Å². The number of esters is 1. The molecule has 0 bridgehead atoms. The molecule has 29 heavy (non-hydrogen) atoms. The van der Waals surface area contributed by atoms with E-state index >= 15 is 0 Å². The van der Waals surface area contributed by atoms with Crippen LogP contribution in [0.25, 0.3) is 0 Å². The van der Waals surface area contributed by atoms with Crippen molar-refractivity contribution < 1.29 is 38.1 Å². The average molecular weight is 424 g/mol. The Morgan fingerprint density at radius 2 is 2.00 bits per heavy atom. The molecular formula is C18H17FN2O7S. The molecule has 0 aromatic heterocycles. The summed E-state index contributed by atoms with van der Waals surface area (Å²) >= 11 is 1.26. The number of aliphatic carboxylic acids is 1. The molecule has 1 fully saturated rings. The van der Waals surface area contributed by atoms with Gasteiger partial charge in [-0.1, -0.05) is 0 Å². The lowest BCUT2D eigenvalue weighted by Gasteiger charge is -2.49. The molecule has 0 saturated carbocycles. The molecular weight excluding hydrogens is 407 g/mol. The van der Waals surface area contributed by atoms with E-state index in [1.807, 2.05) is 0 Å². The number of carboxylic acids is 1. The van der Waals surface area contributed by atoms with Gasteiger partial charge in [0.15, 0.2) is 6.61 Å². The van der Waals surface area contributed by atoms with Crippen LogP contribution in [0.1, 0.15) is 6.92 Å². The number of thioether (sulfide) groups is 1. The molecule has 2 atom stereocenters. The number of β-lactam (4-membered cyclic amide) rings is 1. The van der Waals surface area contributed by atoms with Gasteiger partial charge in [0, 0.05) is 18.2 Å². The highest BCUT2D eigenvalue weighted by atomic mass is 32.2. The van der Waals surface area contributed by atoms with Crippen molar-refractivity contribution in [2.45, 2.75) is 18.3 Å². The number of rotatable bonds is 7. The summed E-state index contributed by atoms with van der Waals surface area (Å²) in [6.45, 7) is 0.600. The number of nitrogens with one attached hydrogen (secondary N) is 1. The summed E-state index contributed by atoms with van der Waals surface area (Å²) < 4.78 is 23.0. The van der Waals surface area contributed by atoms with Gasteiger partial charge in [-0.15, -0.1) is 11.8 Å². The fourth-order valence-electron chi connectivity index (χ4n) is 2.88. The maximum Gasteiger partial charge on any atom is 0.352 e. The Balaban J connectivity index is 1.61. The number of hydrogen-bond donors (Lipinski definition) is 2. The molecule has 3 rings (SSSR count). The van der Waals surface area contributed by atoms with E-state index in [0.717, 1.165) is 4.90 Å². The van der Waals surface area contributed by atoms with Gasteiger partial charge in [-0.05, 0) is 24.3 Å². The molecule has 1 saturated heterocycles. The minimum atomic E-state index is -1.31. The average Bonchev–Trinajstić information content (AvgIpc) is 2.69. The maximum absolute atomic E-state index is 12.9. The zero-order valence-electron chi connectivity index (χ0n) is 15.2. The highest BCUT2D eigenvalue weighted by Crippen LogP contribution is 2.40. The molecule has 2 amide bonds. The number of nitrogens with zero attached hydrogens (tertiary/aromatic N) is 1. The summed E-state index contributed by atoms with van der Waals surface area (Å²) in [4.78, 5) is 48.2. The molecule has 11 heteroatoms. The van der Waals surface area contributed by atoms with Gasteiger partial charge in [-0.3, -0.25) is 19.3 Å². The van der Waals surface area contributed by atoms with E-state index in [1.54, 1.807) is 0 Å². The van der Waals surface area contributed by atoms with E-state index in [4.69, 9.17) is 9.47 Å². The number of carboxylic acid groups (broad SMARTS) is 1. The van der Waals surface area contributed by atoms with Crippen molar-refractivity contribution in [3.63, 3.8) is 0 Å². The molecule has 154 valence electrons. The molecule has 2 aliphatic rings. The van der Waals surface area contributed by atoms with Gasteiger partial charge < -0.3 is 19.9 Å². The summed E-state index contributed by atoms with van der Waals surface area (Å²) in [6, 6.07) is 4.21. The predicted molar refractivity (Wildman–Crippen MR) is 98.2 cm³/mol. The first-order valence-electron chi connectivity index (χ1n) is 8.49. The number of halogens is 1. The zero-order valence-corrected chi connectivity index (χ0v) is 16.0. The van der Waals surface area contributed by atoms with Crippen molar-refractivity contribution in [2.75, 3.05) is 19.0 Å². The van der Waals surface area contributed by atoms with Crippen LogP contribution < -0.4 is 10.1 Å². The maximum atomic E-state index is 12.9. The Labute approximate surface area is 168 Å². The number of carbonyl (C=O) groups excluding carboxylic acids is 3. The van der Waals surface area contributed by atoms with Crippen LogP contribution in [0.5, 0.6) is 5.75 Å². The lowest BCUT2D eigenvalue weighted by molar-refractivity contribution is -0.151. The Kier molecular flexibility index (Phi) is 6.06. The molecule has 2 heterocycles. The second-order valence-electron chi connectivity index (χ2n) is 6.24. The summed E-state index contributed by atoms with van der Waals surface area (Å²) in [5.74, 6) is -2.92. The van der Waals surface area contributed by atoms with Crippen LogP contribution in [0.15, 0.2) is 35.5 Å². The van der Waals surface area contributed by atoms with Gasteiger partial charge >= 0.3 is 11.9 Å². The molecule has 0 aliphatic carbocycles. The second kappa shape index (κ2) is 8.52. The van der Waals surface area contributed by atoms with Gasteiger partial charge in [0.1, 0.15) is 35.3 Å². The molecule has 0 unspecified atom stereocenters. The minimum Gasteiger partial charge on any atom is -0.484 e. The number of fused-ring (bicyclic) bond motifs is 1. The Bertz CT molecular complexity index is 887. The third kappa shape index (κ3) is 4.50. The molecule has 1 aromatic rings. The highest BCUT2D eigenvalue weighted by molar-refractivity contribution is 8.00. The molecule has 1 aromatic carbocycles. The lowest BCUT2D eigenvalue weighted by atomic mass is 10.0. The number of amides is 2. The van der Waals surface area contributed by atoms with Crippen LogP contribution in [0.4, 0.5) is 4.39 Å². The third-order valence-corrected chi connectivity index (χ3v) is 5.54. The fourth-order valence-corrected chi connectivity index (χ4v) is 4.21. The largest absolute Gasteiger partial charge is 0.484 e. The van der Waals surface area contributed by atoms with Gasteiger partial charge in [0.2, 0.25) is 0 Å². The predicted octanol–water partition coefficient (Wildman–Crippen LogP) is 0.506. The minimum absolute atomic E-state index is 0.219. The summed E-state index contributed by atoms with van der Waals surface area (Å²) in [6.07, 6.45) is 0. The fraction of sp³-hybridized carbons (Fsp3) is 0.333. The van der Waals surface area contributed by atoms with E-state index in [2.05, 4.69) is 5.32 Å². The van der Waals surface area contributed by atoms with Gasteiger partial charge in [-0.25, -0.2) is 9.18 Å². The van der Waals surface area contributed by atoms with Crippen molar-refractivity contribution in [2.24, 2.45) is 0 Å². The molecule has 0 radical (unpaired) electrons. The topological polar surface area (TPSA) is 122 Å². The van der Waals surface area contributed by atoms with Crippen molar-refractivity contribution in [3.8, 4) is 5.75 Å². The Hall–Kier alpha value is -3.08. The monoisotopic (exact) mass is 424 g/mol. The summed E-state index contributed by atoms with van der Waals surface area (Å²) in [7, 11) is 0. The van der Waals surface area contributed by atoms with Gasteiger partial charge in [0.05, 0.1) is 0 Å². The molecule has 2 aliphatic heterocycles. The van der Waals surface area contributed by atoms with Crippen molar-refractivity contribution in [1.82, 2.24) is 10.2 Å². The zero-order chi connectivity index (χ0) is 21.1. The number of ether oxygens (including phenoxy) is 2.